The first-order valence-electron chi connectivity index (χ1n) is 7.78. The Labute approximate surface area is 123 Å². The first kappa shape index (κ1) is 15.5. The molecule has 3 nitrogen and oxygen atoms in total. The highest BCUT2D eigenvalue weighted by molar-refractivity contribution is 5.14. The van der Waals surface area contributed by atoms with Gasteiger partial charge >= 0.3 is 0 Å². The highest BCUT2D eigenvalue weighted by Gasteiger charge is 2.33. The van der Waals surface area contributed by atoms with E-state index in [0.29, 0.717) is 17.9 Å². The Morgan fingerprint density at radius 1 is 1.15 bits per heavy atom. The molecule has 2 unspecified atom stereocenters. The highest BCUT2D eigenvalue weighted by Crippen LogP contribution is 2.26. The smallest absolute Gasteiger partial charge is 0.0233 e. The summed E-state index contributed by atoms with van der Waals surface area (Å²) in [5, 5.41) is 0. The van der Waals surface area contributed by atoms with Crippen LogP contribution < -0.4 is 5.73 Å². The van der Waals surface area contributed by atoms with E-state index < -0.39 is 0 Å². The predicted molar refractivity (Wildman–Crippen MR) is 85.5 cm³/mol. The first-order chi connectivity index (χ1) is 9.61. The third kappa shape index (κ3) is 3.81. The number of rotatable bonds is 5. The van der Waals surface area contributed by atoms with Gasteiger partial charge in [0, 0.05) is 38.8 Å². The molecule has 1 aromatic rings. The Morgan fingerprint density at radius 2 is 1.75 bits per heavy atom. The van der Waals surface area contributed by atoms with E-state index in [1.165, 1.54) is 18.7 Å². The van der Waals surface area contributed by atoms with Gasteiger partial charge in [0.1, 0.15) is 0 Å². The normalized spacial score (nSPS) is 27.9. The van der Waals surface area contributed by atoms with Gasteiger partial charge in [0.15, 0.2) is 0 Å². The molecule has 1 aliphatic heterocycles. The lowest BCUT2D eigenvalue weighted by Gasteiger charge is -2.45. The fourth-order valence-corrected chi connectivity index (χ4v) is 3.86. The lowest BCUT2D eigenvalue weighted by atomic mass is 9.84. The zero-order chi connectivity index (χ0) is 14.5. The summed E-state index contributed by atoms with van der Waals surface area (Å²) in [4.78, 5) is 5.05. The van der Waals surface area contributed by atoms with Gasteiger partial charge in [-0.05, 0) is 24.4 Å². The molecule has 0 bridgehead atoms. The summed E-state index contributed by atoms with van der Waals surface area (Å²) in [6.45, 7) is 9.94. The maximum Gasteiger partial charge on any atom is 0.0233 e. The monoisotopic (exact) mass is 275 g/mol. The number of nitrogens with two attached hydrogens (primary N) is 1. The van der Waals surface area contributed by atoms with Crippen molar-refractivity contribution in [3.63, 3.8) is 0 Å². The highest BCUT2D eigenvalue weighted by atomic mass is 15.2. The molecule has 1 aliphatic rings. The minimum atomic E-state index is 0.658. The summed E-state index contributed by atoms with van der Waals surface area (Å²) < 4.78 is 0. The van der Waals surface area contributed by atoms with E-state index in [0.717, 1.165) is 19.6 Å². The van der Waals surface area contributed by atoms with Gasteiger partial charge in [-0.1, -0.05) is 44.2 Å². The summed E-state index contributed by atoms with van der Waals surface area (Å²) in [5.41, 5.74) is 7.12. The van der Waals surface area contributed by atoms with Crippen molar-refractivity contribution in [2.75, 3.05) is 33.2 Å². The number of nitrogens with zero attached hydrogens (tertiary/aromatic N) is 2. The molecule has 1 saturated heterocycles. The number of hydrogen-bond acceptors (Lipinski definition) is 3. The molecule has 0 aliphatic carbocycles. The van der Waals surface area contributed by atoms with Crippen LogP contribution in [-0.4, -0.2) is 49.1 Å². The van der Waals surface area contributed by atoms with Gasteiger partial charge < -0.3 is 10.6 Å². The summed E-state index contributed by atoms with van der Waals surface area (Å²) in [6, 6.07) is 11.5. The van der Waals surface area contributed by atoms with Crippen molar-refractivity contribution in [1.29, 1.82) is 0 Å². The van der Waals surface area contributed by atoms with Crippen LogP contribution >= 0.6 is 0 Å². The summed E-state index contributed by atoms with van der Waals surface area (Å²) >= 11 is 0. The zero-order valence-corrected chi connectivity index (χ0v) is 13.1. The van der Waals surface area contributed by atoms with Crippen LogP contribution in [0.5, 0.6) is 0 Å². The molecule has 3 heteroatoms. The number of benzene rings is 1. The molecule has 0 aromatic heterocycles. The van der Waals surface area contributed by atoms with Crippen LogP contribution in [0.4, 0.5) is 0 Å². The zero-order valence-electron chi connectivity index (χ0n) is 13.1. The Bertz CT molecular complexity index is 380. The lowest BCUT2D eigenvalue weighted by Crippen LogP contribution is -2.54. The minimum absolute atomic E-state index is 0.658. The van der Waals surface area contributed by atoms with Crippen LogP contribution in [0.2, 0.25) is 0 Å². The number of piperidine rings is 1. The van der Waals surface area contributed by atoms with Gasteiger partial charge in [0.05, 0.1) is 0 Å². The molecule has 2 rings (SSSR count). The van der Waals surface area contributed by atoms with Crippen molar-refractivity contribution >= 4 is 0 Å². The molecule has 1 fully saturated rings. The summed E-state index contributed by atoms with van der Waals surface area (Å²) in [7, 11) is 2.22. The second-order valence-corrected chi connectivity index (χ2v) is 6.39. The van der Waals surface area contributed by atoms with Gasteiger partial charge in [-0.2, -0.15) is 0 Å². The van der Waals surface area contributed by atoms with E-state index in [4.69, 9.17) is 5.73 Å². The average Bonchev–Trinajstić information content (AvgIpc) is 2.39. The Morgan fingerprint density at radius 3 is 2.30 bits per heavy atom. The standard InChI is InChI=1S/C17H29N3/c1-14-11-20(13-16-7-5-4-6-8-16)12-15(2)17(14)19(3)10-9-18/h4-8,14-15,17H,9-13,18H2,1-3H3. The molecule has 1 heterocycles. The lowest BCUT2D eigenvalue weighted by molar-refractivity contribution is 0.0342. The largest absolute Gasteiger partial charge is 0.329 e. The SMILES string of the molecule is CC1CN(Cc2ccccc2)CC(C)C1N(C)CCN. The van der Waals surface area contributed by atoms with Crippen LogP contribution in [0.1, 0.15) is 19.4 Å². The number of likely N-dealkylation sites (tertiary alicyclic amines) is 1. The Balaban J connectivity index is 1.95. The molecular weight excluding hydrogens is 246 g/mol. The third-order valence-corrected chi connectivity index (χ3v) is 4.50. The van der Waals surface area contributed by atoms with E-state index >= 15 is 0 Å². The molecule has 0 amide bonds. The molecule has 112 valence electrons. The quantitative estimate of drug-likeness (QED) is 0.892. The van der Waals surface area contributed by atoms with Crippen molar-refractivity contribution in [1.82, 2.24) is 9.80 Å². The van der Waals surface area contributed by atoms with Crippen molar-refractivity contribution < 1.29 is 0 Å². The van der Waals surface area contributed by atoms with Crippen molar-refractivity contribution in [2.24, 2.45) is 17.6 Å². The van der Waals surface area contributed by atoms with E-state index in [1.807, 2.05) is 0 Å². The summed E-state index contributed by atoms with van der Waals surface area (Å²) in [5.74, 6) is 1.39. The van der Waals surface area contributed by atoms with Crippen molar-refractivity contribution in [2.45, 2.75) is 26.4 Å². The van der Waals surface area contributed by atoms with Crippen molar-refractivity contribution in [3.8, 4) is 0 Å². The van der Waals surface area contributed by atoms with E-state index in [9.17, 15) is 0 Å². The molecule has 0 spiro atoms. The van der Waals surface area contributed by atoms with Gasteiger partial charge in [0.2, 0.25) is 0 Å². The molecule has 20 heavy (non-hydrogen) atoms. The van der Waals surface area contributed by atoms with E-state index in [1.54, 1.807) is 0 Å². The van der Waals surface area contributed by atoms with Crippen molar-refractivity contribution in [3.05, 3.63) is 35.9 Å². The third-order valence-electron chi connectivity index (χ3n) is 4.50. The second-order valence-electron chi connectivity index (χ2n) is 6.39. The maximum atomic E-state index is 5.70. The molecule has 2 atom stereocenters. The van der Waals surface area contributed by atoms with E-state index in [-0.39, 0.29) is 0 Å². The molecule has 2 N–H and O–H groups in total. The Hall–Kier alpha value is -0.900. The van der Waals surface area contributed by atoms with Crippen LogP contribution in [0.15, 0.2) is 30.3 Å². The van der Waals surface area contributed by atoms with Crippen LogP contribution in [0.3, 0.4) is 0 Å². The maximum absolute atomic E-state index is 5.70. The van der Waals surface area contributed by atoms with E-state index in [2.05, 4.69) is 61.0 Å². The van der Waals surface area contributed by atoms with Gasteiger partial charge in [0.25, 0.3) is 0 Å². The second kappa shape index (κ2) is 7.21. The Kier molecular flexibility index (Phi) is 5.58. The van der Waals surface area contributed by atoms with Gasteiger partial charge in [-0.25, -0.2) is 0 Å². The van der Waals surface area contributed by atoms with Gasteiger partial charge in [-0.3, -0.25) is 4.90 Å². The molecule has 0 radical (unpaired) electrons. The van der Waals surface area contributed by atoms with Gasteiger partial charge in [-0.15, -0.1) is 0 Å². The number of hydrogen-bond donors (Lipinski definition) is 1. The molecule has 1 aromatic carbocycles. The van der Waals surface area contributed by atoms with Crippen LogP contribution in [0.25, 0.3) is 0 Å². The summed E-state index contributed by atoms with van der Waals surface area (Å²) in [6.07, 6.45) is 0. The van der Waals surface area contributed by atoms with Crippen LogP contribution in [0, 0.1) is 11.8 Å². The topological polar surface area (TPSA) is 32.5 Å². The first-order valence-corrected chi connectivity index (χ1v) is 7.78. The minimum Gasteiger partial charge on any atom is -0.329 e. The molecule has 0 saturated carbocycles. The fourth-order valence-electron chi connectivity index (χ4n) is 3.86. The predicted octanol–water partition coefficient (Wildman–Crippen LogP) is 2.03. The molecular formula is C17H29N3. The fraction of sp³-hybridized carbons (Fsp3) is 0.647. The average molecular weight is 275 g/mol. The number of likely N-dealkylation sites (N-methyl/N-ethyl adjacent to an activating group) is 1. The van der Waals surface area contributed by atoms with Crippen LogP contribution in [-0.2, 0) is 6.54 Å².